The first-order valence-corrected chi connectivity index (χ1v) is 14.0. The molecular weight excluding hydrogens is 432 g/mol. The Morgan fingerprint density at radius 3 is 2.10 bits per heavy atom. The van der Waals surface area contributed by atoms with E-state index in [1.807, 2.05) is 22.7 Å². The fourth-order valence-corrected chi connectivity index (χ4v) is 7.54. The number of halogens is 1. The van der Waals surface area contributed by atoms with Crippen LogP contribution in [0.25, 0.3) is 19.5 Å². The van der Waals surface area contributed by atoms with Crippen LogP contribution < -0.4 is 0 Å². The van der Waals surface area contributed by atoms with Crippen LogP contribution in [0, 0.1) is 6.92 Å². The summed E-state index contributed by atoms with van der Waals surface area (Å²) in [6, 6.07) is 7.06. The van der Waals surface area contributed by atoms with Gasteiger partial charge in [0.1, 0.15) is 0 Å². The molecule has 0 amide bonds. The van der Waals surface area contributed by atoms with E-state index in [9.17, 15) is 0 Å². The molecule has 0 aliphatic carbocycles. The lowest BCUT2D eigenvalue weighted by atomic mass is 10.1. The van der Waals surface area contributed by atoms with Gasteiger partial charge in [-0.05, 0) is 72.9 Å². The van der Waals surface area contributed by atoms with Gasteiger partial charge < -0.3 is 0 Å². The summed E-state index contributed by atoms with van der Waals surface area (Å²) in [7, 11) is 0. The van der Waals surface area contributed by atoms with E-state index in [2.05, 4.69) is 44.4 Å². The van der Waals surface area contributed by atoms with Gasteiger partial charge in [0.15, 0.2) is 0 Å². The topological polar surface area (TPSA) is 0 Å². The Kier molecular flexibility index (Phi) is 9.30. The third kappa shape index (κ3) is 6.19. The second-order valence-corrected chi connectivity index (χ2v) is 11.6. The van der Waals surface area contributed by atoms with Gasteiger partial charge in [-0.1, -0.05) is 64.0 Å². The highest BCUT2D eigenvalue weighted by Gasteiger charge is 2.16. The Bertz CT molecular complexity index is 884. The third-order valence-electron chi connectivity index (χ3n) is 5.47. The molecule has 0 bridgehead atoms. The van der Waals surface area contributed by atoms with Gasteiger partial charge in [-0.25, -0.2) is 0 Å². The molecule has 0 saturated carbocycles. The summed E-state index contributed by atoms with van der Waals surface area (Å²) in [4.78, 5) is 5.64. The molecule has 0 saturated heterocycles. The molecule has 158 valence electrons. The Balaban J connectivity index is 1.74. The molecule has 0 aromatic carbocycles. The lowest BCUT2D eigenvalue weighted by Crippen LogP contribution is -1.85. The lowest BCUT2D eigenvalue weighted by molar-refractivity contribution is 0.667. The Morgan fingerprint density at radius 1 is 0.759 bits per heavy atom. The first kappa shape index (κ1) is 23.1. The standard InChI is InChI=1S/C25H33ClS3/c1-4-6-8-10-12-19-14-15-27-24(19)21-16-18(3)23(28-21)22-17-20(25(26)29-22)13-11-9-7-5-2/h14-17H,4-13H2,1-3H3. The summed E-state index contributed by atoms with van der Waals surface area (Å²) in [5, 5.41) is 2.26. The highest BCUT2D eigenvalue weighted by atomic mass is 35.5. The van der Waals surface area contributed by atoms with Crippen molar-refractivity contribution in [1.82, 2.24) is 0 Å². The molecule has 3 rings (SSSR count). The van der Waals surface area contributed by atoms with E-state index >= 15 is 0 Å². The molecule has 0 fully saturated rings. The normalized spacial score (nSPS) is 11.4. The number of rotatable bonds is 12. The van der Waals surface area contributed by atoms with Crippen LogP contribution in [-0.2, 0) is 12.8 Å². The van der Waals surface area contributed by atoms with Crippen LogP contribution in [0.4, 0.5) is 0 Å². The van der Waals surface area contributed by atoms with E-state index in [0.29, 0.717) is 0 Å². The highest BCUT2D eigenvalue weighted by molar-refractivity contribution is 7.27. The quantitative estimate of drug-likeness (QED) is 0.234. The average Bonchev–Trinajstić information content (AvgIpc) is 3.41. The molecule has 0 N–H and O–H groups in total. The van der Waals surface area contributed by atoms with Crippen LogP contribution in [0.5, 0.6) is 0 Å². The molecule has 3 aromatic heterocycles. The minimum absolute atomic E-state index is 0.985. The maximum atomic E-state index is 6.60. The number of hydrogen-bond donors (Lipinski definition) is 0. The molecule has 0 nitrogen and oxygen atoms in total. The monoisotopic (exact) mass is 464 g/mol. The maximum absolute atomic E-state index is 6.60. The number of unbranched alkanes of at least 4 members (excludes halogenated alkanes) is 6. The predicted octanol–water partition coefficient (Wildman–Crippen LogP) is 10.4. The molecule has 0 atom stereocenters. The minimum atomic E-state index is 0.985. The second kappa shape index (κ2) is 11.7. The molecule has 0 aliphatic rings. The van der Waals surface area contributed by atoms with Crippen molar-refractivity contribution in [1.29, 1.82) is 0 Å². The molecule has 3 aromatic rings. The van der Waals surface area contributed by atoms with E-state index in [4.69, 9.17) is 11.6 Å². The number of thiophene rings is 3. The number of aryl methyl sites for hydroxylation is 3. The van der Waals surface area contributed by atoms with Crippen molar-refractivity contribution in [2.45, 2.75) is 85.0 Å². The van der Waals surface area contributed by atoms with Crippen molar-refractivity contribution >= 4 is 45.6 Å². The van der Waals surface area contributed by atoms with Crippen LogP contribution in [0.1, 0.15) is 81.9 Å². The maximum Gasteiger partial charge on any atom is 0.0967 e. The summed E-state index contributed by atoms with van der Waals surface area (Å²) < 4.78 is 0.985. The lowest BCUT2D eigenvalue weighted by Gasteiger charge is -2.02. The first-order chi connectivity index (χ1) is 14.1. The van der Waals surface area contributed by atoms with Gasteiger partial charge in [-0.15, -0.1) is 34.0 Å². The molecule has 0 radical (unpaired) electrons. The summed E-state index contributed by atoms with van der Waals surface area (Å²) in [6.45, 7) is 6.79. The van der Waals surface area contributed by atoms with E-state index in [-0.39, 0.29) is 0 Å². The molecule has 4 heteroatoms. The van der Waals surface area contributed by atoms with Gasteiger partial charge in [0.2, 0.25) is 0 Å². The van der Waals surface area contributed by atoms with Gasteiger partial charge in [-0.2, -0.15) is 0 Å². The zero-order valence-electron chi connectivity index (χ0n) is 18.0. The summed E-state index contributed by atoms with van der Waals surface area (Å²) in [5.74, 6) is 0. The Labute approximate surface area is 194 Å². The zero-order valence-corrected chi connectivity index (χ0v) is 21.2. The van der Waals surface area contributed by atoms with E-state index in [1.54, 1.807) is 11.3 Å². The van der Waals surface area contributed by atoms with Crippen LogP contribution in [-0.4, -0.2) is 0 Å². The van der Waals surface area contributed by atoms with Crippen LogP contribution >= 0.6 is 45.6 Å². The van der Waals surface area contributed by atoms with Crippen molar-refractivity contribution in [3.05, 3.63) is 44.6 Å². The van der Waals surface area contributed by atoms with Crippen molar-refractivity contribution in [2.75, 3.05) is 0 Å². The molecule has 0 aliphatic heterocycles. The summed E-state index contributed by atoms with van der Waals surface area (Å²) in [6.07, 6.45) is 12.8. The molecule has 3 heterocycles. The molecule has 29 heavy (non-hydrogen) atoms. The van der Waals surface area contributed by atoms with Crippen LogP contribution in [0.3, 0.4) is 0 Å². The van der Waals surface area contributed by atoms with Crippen molar-refractivity contribution in [3.8, 4) is 19.5 Å². The van der Waals surface area contributed by atoms with Crippen molar-refractivity contribution in [2.24, 2.45) is 0 Å². The van der Waals surface area contributed by atoms with Gasteiger partial charge in [0.05, 0.1) is 4.34 Å². The van der Waals surface area contributed by atoms with E-state index < -0.39 is 0 Å². The van der Waals surface area contributed by atoms with E-state index in [0.717, 1.165) is 10.8 Å². The highest BCUT2D eigenvalue weighted by Crippen LogP contribution is 2.45. The number of hydrogen-bond acceptors (Lipinski definition) is 3. The molecule has 0 spiro atoms. The molecule has 0 unspecified atom stereocenters. The van der Waals surface area contributed by atoms with Crippen LogP contribution in [0.2, 0.25) is 4.34 Å². The average molecular weight is 465 g/mol. The van der Waals surface area contributed by atoms with Gasteiger partial charge >= 0.3 is 0 Å². The fourth-order valence-electron chi connectivity index (χ4n) is 3.76. The predicted molar refractivity (Wildman–Crippen MR) is 136 cm³/mol. The van der Waals surface area contributed by atoms with Crippen molar-refractivity contribution < 1.29 is 0 Å². The summed E-state index contributed by atoms with van der Waals surface area (Å²) >= 11 is 12.2. The van der Waals surface area contributed by atoms with Gasteiger partial charge in [0, 0.05) is 19.5 Å². The largest absolute Gasteiger partial charge is 0.143 e. The first-order valence-electron chi connectivity index (χ1n) is 11.1. The molecular formula is C25H33ClS3. The van der Waals surface area contributed by atoms with E-state index in [1.165, 1.54) is 94.0 Å². The van der Waals surface area contributed by atoms with Crippen LogP contribution in [0.15, 0.2) is 23.6 Å². The zero-order chi connectivity index (χ0) is 20.6. The smallest absolute Gasteiger partial charge is 0.0967 e. The third-order valence-corrected chi connectivity index (χ3v) is 9.46. The fraction of sp³-hybridized carbons (Fsp3) is 0.520. The van der Waals surface area contributed by atoms with Gasteiger partial charge in [0.25, 0.3) is 0 Å². The second-order valence-electron chi connectivity index (χ2n) is 7.93. The minimum Gasteiger partial charge on any atom is -0.143 e. The summed E-state index contributed by atoms with van der Waals surface area (Å²) in [5.41, 5.74) is 4.25. The van der Waals surface area contributed by atoms with Crippen molar-refractivity contribution in [3.63, 3.8) is 0 Å². The Morgan fingerprint density at radius 2 is 1.41 bits per heavy atom. The SMILES string of the molecule is CCCCCCc1cc(-c2sc(-c3sccc3CCCCCC)cc2C)sc1Cl. The van der Waals surface area contributed by atoms with Gasteiger partial charge in [-0.3, -0.25) is 0 Å². The Hall–Kier alpha value is -0.610.